The van der Waals surface area contributed by atoms with Gasteiger partial charge in [0.05, 0.1) is 0 Å². The standard InChI is InChI=1S/C17H25FN2/c1-2-15-12-19-10-6-5-8-16(19)13-20(15)11-14-7-3-4-9-17(14)18/h3-4,7,9,15-16H,2,5-6,8,10-13H2,1H3. The molecule has 2 aliphatic rings. The maximum Gasteiger partial charge on any atom is 0.127 e. The van der Waals surface area contributed by atoms with E-state index in [0.717, 1.165) is 31.6 Å². The van der Waals surface area contributed by atoms with Crippen LogP contribution in [0.3, 0.4) is 0 Å². The van der Waals surface area contributed by atoms with Gasteiger partial charge in [-0.25, -0.2) is 4.39 Å². The molecule has 20 heavy (non-hydrogen) atoms. The Hall–Kier alpha value is -0.930. The molecular weight excluding hydrogens is 251 g/mol. The first-order chi connectivity index (χ1) is 9.78. The van der Waals surface area contributed by atoms with Crippen LogP contribution in [0.2, 0.25) is 0 Å². The molecule has 2 nitrogen and oxygen atoms in total. The molecule has 3 heteroatoms. The van der Waals surface area contributed by atoms with Gasteiger partial charge in [-0.1, -0.05) is 31.5 Å². The maximum atomic E-state index is 13.9. The summed E-state index contributed by atoms with van der Waals surface area (Å²) in [6.07, 6.45) is 5.16. The van der Waals surface area contributed by atoms with Crippen molar-refractivity contribution in [3.05, 3.63) is 35.6 Å². The van der Waals surface area contributed by atoms with E-state index in [4.69, 9.17) is 0 Å². The van der Waals surface area contributed by atoms with Gasteiger partial charge in [0.2, 0.25) is 0 Å². The summed E-state index contributed by atoms with van der Waals surface area (Å²) in [5.41, 5.74) is 0.843. The van der Waals surface area contributed by atoms with E-state index in [0.29, 0.717) is 12.1 Å². The fourth-order valence-corrected chi connectivity index (χ4v) is 3.74. The molecule has 2 fully saturated rings. The molecule has 0 amide bonds. The molecule has 3 rings (SSSR count). The van der Waals surface area contributed by atoms with Gasteiger partial charge in [-0.3, -0.25) is 9.80 Å². The van der Waals surface area contributed by atoms with Crippen LogP contribution in [-0.2, 0) is 6.54 Å². The third kappa shape index (κ3) is 2.89. The topological polar surface area (TPSA) is 6.48 Å². The van der Waals surface area contributed by atoms with Gasteiger partial charge in [0, 0.05) is 37.3 Å². The molecule has 0 N–H and O–H groups in total. The van der Waals surface area contributed by atoms with E-state index in [9.17, 15) is 4.39 Å². The largest absolute Gasteiger partial charge is 0.298 e. The van der Waals surface area contributed by atoms with E-state index < -0.39 is 0 Å². The van der Waals surface area contributed by atoms with Crippen LogP contribution < -0.4 is 0 Å². The lowest BCUT2D eigenvalue weighted by Crippen LogP contribution is -2.59. The quantitative estimate of drug-likeness (QED) is 0.836. The van der Waals surface area contributed by atoms with Crippen molar-refractivity contribution in [2.24, 2.45) is 0 Å². The fourth-order valence-electron chi connectivity index (χ4n) is 3.74. The zero-order chi connectivity index (χ0) is 13.9. The highest BCUT2D eigenvalue weighted by Gasteiger charge is 2.34. The Morgan fingerprint density at radius 1 is 1.20 bits per heavy atom. The van der Waals surface area contributed by atoms with Crippen LogP contribution in [0.4, 0.5) is 4.39 Å². The number of nitrogens with zero attached hydrogens (tertiary/aromatic N) is 2. The van der Waals surface area contributed by atoms with Crippen LogP contribution in [0, 0.1) is 5.82 Å². The van der Waals surface area contributed by atoms with E-state index in [1.165, 1.54) is 25.8 Å². The number of piperazine rings is 1. The van der Waals surface area contributed by atoms with Crippen molar-refractivity contribution in [3.8, 4) is 0 Å². The van der Waals surface area contributed by atoms with Crippen LogP contribution in [0.1, 0.15) is 38.2 Å². The Kier molecular flexibility index (Phi) is 4.37. The first-order valence-electron chi connectivity index (χ1n) is 7.99. The number of rotatable bonds is 3. The first kappa shape index (κ1) is 14.0. The van der Waals surface area contributed by atoms with Crippen LogP contribution in [0.5, 0.6) is 0 Å². The minimum atomic E-state index is -0.0616. The molecule has 0 aromatic heterocycles. The number of hydrogen-bond acceptors (Lipinski definition) is 2. The Morgan fingerprint density at radius 3 is 2.85 bits per heavy atom. The smallest absolute Gasteiger partial charge is 0.127 e. The third-order valence-electron chi connectivity index (χ3n) is 4.96. The number of piperidine rings is 1. The summed E-state index contributed by atoms with van der Waals surface area (Å²) in [4.78, 5) is 5.17. The average Bonchev–Trinajstić information content (AvgIpc) is 2.49. The normalized spacial score (nSPS) is 28.3. The van der Waals surface area contributed by atoms with Gasteiger partial charge in [0.25, 0.3) is 0 Å². The molecule has 2 atom stereocenters. The predicted octanol–water partition coefficient (Wildman–Crippen LogP) is 3.27. The minimum absolute atomic E-state index is 0.0616. The molecule has 2 aliphatic heterocycles. The Labute approximate surface area is 121 Å². The van der Waals surface area contributed by atoms with E-state index in [1.54, 1.807) is 12.1 Å². The predicted molar refractivity (Wildman–Crippen MR) is 80.1 cm³/mol. The molecule has 2 heterocycles. The average molecular weight is 276 g/mol. The first-order valence-corrected chi connectivity index (χ1v) is 7.99. The highest BCUT2D eigenvalue weighted by Crippen LogP contribution is 2.26. The second kappa shape index (κ2) is 6.23. The number of benzene rings is 1. The molecule has 110 valence electrons. The van der Waals surface area contributed by atoms with Crippen molar-refractivity contribution >= 4 is 0 Å². The number of halogens is 1. The van der Waals surface area contributed by atoms with Crippen LogP contribution in [0.15, 0.2) is 24.3 Å². The van der Waals surface area contributed by atoms with Crippen LogP contribution in [0.25, 0.3) is 0 Å². The van der Waals surface area contributed by atoms with Crippen molar-refractivity contribution in [3.63, 3.8) is 0 Å². The van der Waals surface area contributed by atoms with Gasteiger partial charge in [-0.2, -0.15) is 0 Å². The molecule has 0 bridgehead atoms. The van der Waals surface area contributed by atoms with Crippen molar-refractivity contribution in [1.82, 2.24) is 9.80 Å². The summed E-state index contributed by atoms with van der Waals surface area (Å²) in [6, 6.07) is 8.48. The van der Waals surface area contributed by atoms with Crippen molar-refractivity contribution in [1.29, 1.82) is 0 Å². The van der Waals surface area contributed by atoms with Crippen molar-refractivity contribution in [2.75, 3.05) is 19.6 Å². The Morgan fingerprint density at radius 2 is 2.05 bits per heavy atom. The number of hydrogen-bond donors (Lipinski definition) is 0. The summed E-state index contributed by atoms with van der Waals surface area (Å²) in [6.45, 7) is 6.54. The van der Waals surface area contributed by atoms with Gasteiger partial charge in [0.1, 0.15) is 5.82 Å². The third-order valence-corrected chi connectivity index (χ3v) is 4.96. The molecule has 0 radical (unpaired) electrons. The second-order valence-electron chi connectivity index (χ2n) is 6.23. The molecule has 1 aromatic carbocycles. The Bertz CT molecular complexity index is 448. The van der Waals surface area contributed by atoms with Crippen LogP contribution >= 0.6 is 0 Å². The van der Waals surface area contributed by atoms with Crippen molar-refractivity contribution in [2.45, 2.75) is 51.2 Å². The van der Waals surface area contributed by atoms with Gasteiger partial charge in [-0.15, -0.1) is 0 Å². The van der Waals surface area contributed by atoms with Crippen molar-refractivity contribution < 1.29 is 4.39 Å². The SMILES string of the molecule is CCC1CN2CCCCC2CN1Cc1ccccc1F. The maximum absolute atomic E-state index is 13.9. The fraction of sp³-hybridized carbons (Fsp3) is 0.647. The lowest BCUT2D eigenvalue weighted by atomic mass is 9.95. The van der Waals surface area contributed by atoms with Crippen LogP contribution in [-0.4, -0.2) is 41.5 Å². The number of fused-ring (bicyclic) bond motifs is 1. The molecule has 1 aromatic rings. The van der Waals surface area contributed by atoms with Gasteiger partial charge in [-0.05, 0) is 31.9 Å². The highest BCUT2D eigenvalue weighted by molar-refractivity contribution is 5.17. The summed E-state index contributed by atoms with van der Waals surface area (Å²) in [5, 5.41) is 0. The second-order valence-corrected chi connectivity index (χ2v) is 6.23. The molecule has 0 aliphatic carbocycles. The summed E-state index contributed by atoms with van der Waals surface area (Å²) >= 11 is 0. The van der Waals surface area contributed by atoms with Gasteiger partial charge < -0.3 is 0 Å². The summed E-state index contributed by atoms with van der Waals surface area (Å²) in [7, 11) is 0. The van der Waals surface area contributed by atoms with E-state index in [-0.39, 0.29) is 5.82 Å². The molecule has 0 spiro atoms. The summed E-state index contributed by atoms with van der Waals surface area (Å²) < 4.78 is 13.9. The zero-order valence-electron chi connectivity index (χ0n) is 12.4. The zero-order valence-corrected chi connectivity index (χ0v) is 12.4. The van der Waals surface area contributed by atoms with Gasteiger partial charge in [0.15, 0.2) is 0 Å². The highest BCUT2D eigenvalue weighted by atomic mass is 19.1. The molecule has 2 unspecified atom stereocenters. The van der Waals surface area contributed by atoms with E-state index in [1.807, 2.05) is 12.1 Å². The Balaban J connectivity index is 1.72. The monoisotopic (exact) mass is 276 g/mol. The summed E-state index contributed by atoms with van der Waals surface area (Å²) in [5.74, 6) is -0.0616. The molecule has 2 saturated heterocycles. The molecular formula is C17H25FN2. The van der Waals surface area contributed by atoms with E-state index >= 15 is 0 Å². The lowest BCUT2D eigenvalue weighted by molar-refractivity contribution is 0.00281. The minimum Gasteiger partial charge on any atom is -0.298 e. The van der Waals surface area contributed by atoms with E-state index in [2.05, 4.69) is 16.7 Å². The molecule has 0 saturated carbocycles. The lowest BCUT2D eigenvalue weighted by Gasteiger charge is -2.48. The van der Waals surface area contributed by atoms with Gasteiger partial charge >= 0.3 is 0 Å².